The lowest BCUT2D eigenvalue weighted by molar-refractivity contribution is -0.113. The van der Waals surface area contributed by atoms with Crippen molar-refractivity contribution in [2.75, 3.05) is 18.1 Å². The van der Waals surface area contributed by atoms with Crippen molar-refractivity contribution in [1.29, 1.82) is 0 Å². The van der Waals surface area contributed by atoms with Gasteiger partial charge < -0.3 is 14.8 Å². The van der Waals surface area contributed by atoms with Crippen molar-refractivity contribution in [2.24, 2.45) is 0 Å². The molecule has 1 saturated heterocycles. The summed E-state index contributed by atoms with van der Waals surface area (Å²) >= 11 is 0. The van der Waals surface area contributed by atoms with Crippen molar-refractivity contribution >= 4 is 23.7 Å². The van der Waals surface area contributed by atoms with Gasteiger partial charge >= 0.3 is 6.03 Å². The van der Waals surface area contributed by atoms with Crippen molar-refractivity contribution in [3.05, 3.63) is 59.8 Å². The van der Waals surface area contributed by atoms with Crippen LogP contribution in [0.15, 0.2) is 54.2 Å². The fourth-order valence-electron chi connectivity index (χ4n) is 2.63. The molecule has 0 spiro atoms. The number of hydrogen-bond acceptors (Lipinski definition) is 4. The molecular formula is C21H18N2O4. The maximum Gasteiger partial charge on any atom is 0.333 e. The molecule has 2 aromatic rings. The maximum absolute atomic E-state index is 12.6. The first-order valence-corrected chi connectivity index (χ1v) is 8.39. The maximum atomic E-state index is 12.6. The number of nitrogens with zero attached hydrogens (tertiary/aromatic N) is 1. The molecule has 1 aliphatic rings. The molecule has 6 nitrogen and oxygen atoms in total. The summed E-state index contributed by atoms with van der Waals surface area (Å²) in [6.07, 6.45) is 6.81. The van der Waals surface area contributed by atoms with E-state index in [1.54, 1.807) is 48.5 Å². The second kappa shape index (κ2) is 8.11. The predicted molar refractivity (Wildman–Crippen MR) is 102 cm³/mol. The van der Waals surface area contributed by atoms with E-state index in [4.69, 9.17) is 15.9 Å². The Balaban J connectivity index is 1.88. The van der Waals surface area contributed by atoms with Gasteiger partial charge in [0, 0.05) is 0 Å². The summed E-state index contributed by atoms with van der Waals surface area (Å²) in [6, 6.07) is 13.5. The Hall–Kier alpha value is -3.72. The molecule has 27 heavy (non-hydrogen) atoms. The van der Waals surface area contributed by atoms with Gasteiger partial charge in [-0.25, -0.2) is 9.69 Å². The number of carbonyl (C=O) groups is 2. The first-order chi connectivity index (χ1) is 13.1. The van der Waals surface area contributed by atoms with E-state index in [2.05, 4.69) is 11.2 Å². The number of carbonyl (C=O) groups excluding carboxylic acids is 2. The van der Waals surface area contributed by atoms with Gasteiger partial charge in [0.25, 0.3) is 5.91 Å². The number of hydrogen-bond donors (Lipinski definition) is 1. The quantitative estimate of drug-likeness (QED) is 0.487. The Labute approximate surface area is 157 Å². The Kier molecular flexibility index (Phi) is 5.43. The molecule has 0 saturated carbocycles. The van der Waals surface area contributed by atoms with Gasteiger partial charge in [-0.3, -0.25) is 4.79 Å². The number of amides is 3. The van der Waals surface area contributed by atoms with Crippen LogP contribution in [0.2, 0.25) is 0 Å². The molecule has 0 bridgehead atoms. The van der Waals surface area contributed by atoms with Gasteiger partial charge in [0.2, 0.25) is 0 Å². The number of urea groups is 1. The topological polar surface area (TPSA) is 67.9 Å². The van der Waals surface area contributed by atoms with E-state index >= 15 is 0 Å². The lowest BCUT2D eigenvalue weighted by Crippen LogP contribution is -2.30. The Morgan fingerprint density at radius 2 is 1.89 bits per heavy atom. The van der Waals surface area contributed by atoms with Gasteiger partial charge in [0.05, 0.1) is 12.3 Å². The van der Waals surface area contributed by atoms with Crippen molar-refractivity contribution in [1.82, 2.24) is 5.32 Å². The van der Waals surface area contributed by atoms with Crippen molar-refractivity contribution in [3.63, 3.8) is 0 Å². The van der Waals surface area contributed by atoms with Crippen LogP contribution in [0.4, 0.5) is 10.5 Å². The lowest BCUT2D eigenvalue weighted by atomic mass is 10.1. The first kappa shape index (κ1) is 18.1. The molecule has 3 amide bonds. The summed E-state index contributed by atoms with van der Waals surface area (Å²) in [5.74, 6) is 3.01. The Bertz CT molecular complexity index is 929. The third kappa shape index (κ3) is 3.93. The zero-order chi connectivity index (χ0) is 19.2. The van der Waals surface area contributed by atoms with E-state index < -0.39 is 11.9 Å². The molecule has 0 unspecified atom stereocenters. The number of terminal acetylenes is 1. The lowest BCUT2D eigenvalue weighted by Gasteiger charge is -2.11. The van der Waals surface area contributed by atoms with Gasteiger partial charge in [-0.1, -0.05) is 30.2 Å². The molecule has 0 aliphatic carbocycles. The number of benzene rings is 2. The van der Waals surface area contributed by atoms with Crippen LogP contribution in [0.25, 0.3) is 6.08 Å². The zero-order valence-electron chi connectivity index (χ0n) is 14.8. The van der Waals surface area contributed by atoms with Crippen LogP contribution in [0.3, 0.4) is 0 Å². The number of nitrogens with one attached hydrogen (secondary N) is 1. The molecule has 1 aliphatic heterocycles. The highest BCUT2D eigenvalue weighted by molar-refractivity contribution is 6.28. The molecule has 6 heteroatoms. The van der Waals surface area contributed by atoms with Crippen LogP contribution in [0.5, 0.6) is 11.5 Å². The van der Waals surface area contributed by atoms with Crippen LogP contribution in [-0.4, -0.2) is 25.2 Å². The largest absolute Gasteiger partial charge is 0.490 e. The summed E-state index contributed by atoms with van der Waals surface area (Å²) < 4.78 is 11.0. The van der Waals surface area contributed by atoms with Crippen molar-refractivity contribution < 1.29 is 19.1 Å². The third-order valence-electron chi connectivity index (χ3n) is 3.78. The minimum absolute atomic E-state index is 0.126. The average molecular weight is 362 g/mol. The number of para-hydroxylation sites is 1. The number of imide groups is 1. The molecule has 1 heterocycles. The van der Waals surface area contributed by atoms with Crippen molar-refractivity contribution in [2.45, 2.75) is 6.92 Å². The van der Waals surface area contributed by atoms with Gasteiger partial charge in [-0.05, 0) is 42.8 Å². The number of ether oxygens (including phenoxy) is 2. The molecule has 1 fully saturated rings. The summed E-state index contributed by atoms with van der Waals surface area (Å²) in [7, 11) is 0. The molecule has 0 aromatic heterocycles. The van der Waals surface area contributed by atoms with E-state index in [-0.39, 0.29) is 12.3 Å². The van der Waals surface area contributed by atoms with E-state index in [1.807, 2.05) is 13.0 Å². The molecule has 3 rings (SSSR count). The van der Waals surface area contributed by atoms with Crippen LogP contribution in [0, 0.1) is 12.3 Å². The average Bonchev–Trinajstić information content (AvgIpc) is 2.95. The van der Waals surface area contributed by atoms with Gasteiger partial charge in [-0.2, -0.15) is 0 Å². The smallest absolute Gasteiger partial charge is 0.333 e. The van der Waals surface area contributed by atoms with Crippen molar-refractivity contribution in [3.8, 4) is 23.8 Å². The fourth-order valence-corrected chi connectivity index (χ4v) is 2.63. The Morgan fingerprint density at radius 1 is 1.11 bits per heavy atom. The number of anilines is 1. The minimum Gasteiger partial charge on any atom is -0.490 e. The summed E-state index contributed by atoms with van der Waals surface area (Å²) in [4.78, 5) is 26.0. The molecule has 2 aromatic carbocycles. The van der Waals surface area contributed by atoms with Crippen LogP contribution in [-0.2, 0) is 4.79 Å². The fraction of sp³-hybridized carbons (Fsp3) is 0.143. The monoisotopic (exact) mass is 362 g/mol. The normalized spacial score (nSPS) is 14.8. The van der Waals surface area contributed by atoms with E-state index in [0.717, 1.165) is 4.90 Å². The molecule has 0 radical (unpaired) electrons. The molecular weight excluding hydrogens is 344 g/mol. The summed E-state index contributed by atoms with van der Waals surface area (Å²) in [5.41, 5.74) is 1.38. The summed E-state index contributed by atoms with van der Waals surface area (Å²) in [6.45, 7) is 2.43. The number of rotatable bonds is 6. The van der Waals surface area contributed by atoms with E-state index in [1.165, 1.54) is 0 Å². The third-order valence-corrected chi connectivity index (χ3v) is 3.78. The van der Waals surface area contributed by atoms with Crippen LogP contribution < -0.4 is 19.7 Å². The van der Waals surface area contributed by atoms with Crippen LogP contribution in [0.1, 0.15) is 12.5 Å². The standard InChI is InChI=1S/C21H18N2O4/c1-3-12-27-18-11-10-15(14-19(18)26-4-2)13-17-20(24)23(21(25)22-17)16-8-6-5-7-9-16/h1,5-11,13-14H,4,12H2,2H3,(H,22,25)/b17-13+. The Morgan fingerprint density at radius 3 is 2.59 bits per heavy atom. The molecule has 0 atom stereocenters. The molecule has 1 N–H and O–H groups in total. The van der Waals surface area contributed by atoms with Gasteiger partial charge in [-0.15, -0.1) is 6.42 Å². The second-order valence-corrected chi connectivity index (χ2v) is 5.60. The predicted octanol–water partition coefficient (Wildman–Crippen LogP) is 3.19. The SMILES string of the molecule is C#CCOc1ccc(/C=C2/NC(=O)N(c3ccccc3)C2=O)cc1OCC. The van der Waals surface area contributed by atoms with Gasteiger partial charge in [0.15, 0.2) is 11.5 Å². The molecule has 136 valence electrons. The zero-order valence-corrected chi connectivity index (χ0v) is 14.8. The van der Waals surface area contributed by atoms with Crippen LogP contribution >= 0.6 is 0 Å². The minimum atomic E-state index is -0.489. The van der Waals surface area contributed by atoms with E-state index in [9.17, 15) is 9.59 Å². The van der Waals surface area contributed by atoms with E-state index in [0.29, 0.717) is 29.4 Å². The van der Waals surface area contributed by atoms with Gasteiger partial charge in [0.1, 0.15) is 12.3 Å². The highest BCUT2D eigenvalue weighted by atomic mass is 16.5. The first-order valence-electron chi connectivity index (χ1n) is 8.39. The highest BCUT2D eigenvalue weighted by Crippen LogP contribution is 2.30. The summed E-state index contributed by atoms with van der Waals surface area (Å²) in [5, 5.41) is 2.60. The highest BCUT2D eigenvalue weighted by Gasteiger charge is 2.34. The second-order valence-electron chi connectivity index (χ2n) is 5.60.